The van der Waals surface area contributed by atoms with E-state index in [0.717, 1.165) is 0 Å². The second-order valence-electron chi connectivity index (χ2n) is 2.26. The Morgan fingerprint density at radius 1 is 1.23 bits per heavy atom. The fourth-order valence-electron chi connectivity index (χ4n) is 0.749. The Balaban J connectivity index is 4.62. The summed E-state index contributed by atoms with van der Waals surface area (Å²) in [5.74, 6) is -3.07. The number of carbonyl (C=O) groups is 2. The Bertz CT molecular complexity index is 232. The Labute approximate surface area is 82.4 Å². The summed E-state index contributed by atoms with van der Waals surface area (Å²) < 4.78 is 30.3. The van der Waals surface area contributed by atoms with Crippen LogP contribution in [0.15, 0.2) is 0 Å². The first-order chi connectivity index (χ1) is 7.31. The lowest BCUT2D eigenvalue weighted by atomic mass is 10.1. The fraction of sp³-hybridized carbons (Fsp3) is 0.778. The van der Waals surface area contributed by atoms with Crippen LogP contribution in [0.2, 0.25) is 0 Å². The third kappa shape index (κ3) is 3.92. The van der Waals surface area contributed by atoms with Gasteiger partial charge in [-0.3, -0.25) is 9.59 Å². The zero-order valence-corrected chi connectivity index (χ0v) is 7.83. The smallest absolute Gasteiger partial charge is 0.320 e. The van der Waals surface area contributed by atoms with E-state index in [9.17, 15) is 9.59 Å². The Morgan fingerprint density at radius 2 is 1.69 bits per heavy atom. The van der Waals surface area contributed by atoms with Gasteiger partial charge in [0.2, 0.25) is 0 Å². The molecule has 0 fully saturated rings. The van der Waals surface area contributed by atoms with E-state index in [-0.39, 0.29) is 13.2 Å². The van der Waals surface area contributed by atoms with Crippen LogP contribution >= 0.6 is 0 Å². The third-order valence-corrected chi connectivity index (χ3v) is 1.35. The summed E-state index contributed by atoms with van der Waals surface area (Å²) in [6, 6.07) is 0. The molecule has 0 radical (unpaired) electrons. The average molecular weight is 191 g/mol. The van der Waals surface area contributed by atoms with Crippen LogP contribution < -0.4 is 0 Å². The number of hydrogen-bond donors (Lipinski definition) is 0. The van der Waals surface area contributed by atoms with Crippen LogP contribution in [0.3, 0.4) is 0 Å². The average Bonchev–Trinajstić information content (AvgIpc) is 2.13. The summed E-state index contributed by atoms with van der Waals surface area (Å²) >= 11 is 0. The van der Waals surface area contributed by atoms with Gasteiger partial charge in [0.05, 0.1) is 13.2 Å². The molecule has 0 unspecified atom stereocenters. The van der Waals surface area contributed by atoms with Crippen molar-refractivity contribution in [3.05, 3.63) is 0 Å². The molecular weight excluding hydrogens is 172 g/mol. The number of carbonyl (C=O) groups excluding carboxylic acids is 2. The maximum absolute atomic E-state index is 11.4. The van der Waals surface area contributed by atoms with Crippen LogP contribution in [0.1, 0.15) is 31.2 Å². The highest BCUT2D eigenvalue weighted by molar-refractivity contribution is 5.94. The molecule has 0 rings (SSSR count). The van der Waals surface area contributed by atoms with Crippen LogP contribution in [-0.4, -0.2) is 25.2 Å². The van der Waals surface area contributed by atoms with E-state index in [1.54, 1.807) is 13.8 Å². The van der Waals surface area contributed by atoms with E-state index in [4.69, 9.17) is 4.11 Å². The van der Waals surface area contributed by atoms with E-state index in [2.05, 4.69) is 9.47 Å². The van der Waals surface area contributed by atoms with Crippen LogP contribution in [0.25, 0.3) is 0 Å². The largest absolute Gasteiger partial charge is 0.465 e. The van der Waals surface area contributed by atoms with E-state index in [1.807, 2.05) is 0 Å². The van der Waals surface area contributed by atoms with Crippen LogP contribution in [0.4, 0.5) is 0 Å². The monoisotopic (exact) mass is 191 g/mol. The molecule has 0 aromatic heterocycles. The van der Waals surface area contributed by atoms with E-state index >= 15 is 0 Å². The molecule has 0 N–H and O–H groups in total. The fourth-order valence-corrected chi connectivity index (χ4v) is 0.749. The van der Waals surface area contributed by atoms with Gasteiger partial charge >= 0.3 is 11.9 Å². The molecule has 0 atom stereocenters. The summed E-state index contributed by atoms with van der Waals surface area (Å²) in [6.45, 7) is 0.973. The Kier molecular flexibility index (Phi) is 3.65. The molecule has 76 valence electrons. The summed E-state index contributed by atoms with van der Waals surface area (Å²) in [5, 5.41) is 0. The maximum atomic E-state index is 11.4. The number of hydrogen-bond acceptors (Lipinski definition) is 4. The molecule has 4 heteroatoms. The van der Waals surface area contributed by atoms with Gasteiger partial charge in [0, 0.05) is 4.11 Å². The molecule has 0 aliphatic carbocycles. The summed E-state index contributed by atoms with van der Waals surface area (Å²) in [4.78, 5) is 22.7. The molecule has 0 amide bonds. The molecule has 4 nitrogen and oxygen atoms in total. The van der Waals surface area contributed by atoms with E-state index in [1.165, 1.54) is 0 Å². The van der Waals surface area contributed by atoms with Gasteiger partial charge in [-0.25, -0.2) is 0 Å². The first kappa shape index (κ1) is 7.35. The lowest BCUT2D eigenvalue weighted by Gasteiger charge is -2.11. The van der Waals surface area contributed by atoms with E-state index < -0.39 is 31.1 Å². The van der Waals surface area contributed by atoms with Gasteiger partial charge in [0.15, 0.2) is 5.92 Å². The van der Waals surface area contributed by atoms with Crippen LogP contribution in [0, 0.1) is 5.92 Å². The summed E-state index contributed by atoms with van der Waals surface area (Å²) in [5.41, 5.74) is 0. The maximum Gasteiger partial charge on any atom is 0.320 e. The highest BCUT2D eigenvalue weighted by atomic mass is 16.6. The van der Waals surface area contributed by atoms with Crippen LogP contribution in [0.5, 0.6) is 0 Å². The van der Waals surface area contributed by atoms with Crippen molar-refractivity contribution in [2.24, 2.45) is 5.92 Å². The molecule has 0 aromatic carbocycles. The van der Waals surface area contributed by atoms with Crippen molar-refractivity contribution in [2.45, 2.75) is 27.1 Å². The molecular formula is C9H16O4. The normalized spacial score (nSPS) is 14.2. The molecule has 0 saturated heterocycles. The Morgan fingerprint density at radius 3 is 2.00 bits per heavy atom. The molecule has 0 aromatic rings. The summed E-state index contributed by atoms with van der Waals surface area (Å²) in [6.07, 6.45) is -0.565. The highest BCUT2D eigenvalue weighted by Crippen LogP contribution is 2.07. The second kappa shape index (κ2) is 6.46. The van der Waals surface area contributed by atoms with Crippen molar-refractivity contribution >= 4 is 11.9 Å². The molecule has 0 heterocycles. The highest BCUT2D eigenvalue weighted by Gasteiger charge is 2.26. The second-order valence-corrected chi connectivity index (χ2v) is 2.26. The van der Waals surface area contributed by atoms with Gasteiger partial charge in [-0.1, -0.05) is 6.85 Å². The topological polar surface area (TPSA) is 52.6 Å². The van der Waals surface area contributed by atoms with Gasteiger partial charge in [0.1, 0.15) is 0 Å². The van der Waals surface area contributed by atoms with Gasteiger partial charge in [-0.2, -0.15) is 0 Å². The first-order valence-corrected chi connectivity index (χ1v) is 4.15. The zero-order chi connectivity index (χ0) is 12.8. The zero-order valence-electron chi connectivity index (χ0n) is 10.8. The third-order valence-electron chi connectivity index (χ3n) is 1.35. The quantitative estimate of drug-likeness (QED) is 0.483. The van der Waals surface area contributed by atoms with Gasteiger partial charge in [-0.15, -0.1) is 0 Å². The van der Waals surface area contributed by atoms with Gasteiger partial charge < -0.3 is 9.47 Å². The molecule has 0 aliphatic heterocycles. The van der Waals surface area contributed by atoms with Crippen molar-refractivity contribution in [1.82, 2.24) is 0 Å². The number of rotatable bonds is 5. The molecule has 13 heavy (non-hydrogen) atoms. The Hall–Kier alpha value is -1.06. The summed E-state index contributed by atoms with van der Waals surface area (Å²) in [7, 11) is 0. The van der Waals surface area contributed by atoms with Crippen molar-refractivity contribution in [3.8, 4) is 0 Å². The van der Waals surface area contributed by atoms with Gasteiger partial charge in [-0.05, 0) is 20.3 Å². The predicted octanol–water partition coefficient (Wildman–Crippen LogP) is 1.14. The van der Waals surface area contributed by atoms with Crippen molar-refractivity contribution < 1.29 is 23.2 Å². The molecule has 0 bridgehead atoms. The lowest BCUT2D eigenvalue weighted by Crippen LogP contribution is -2.27. The minimum Gasteiger partial charge on any atom is -0.465 e. The molecule has 0 aliphatic rings. The van der Waals surface area contributed by atoms with Crippen LogP contribution in [-0.2, 0) is 19.1 Å². The van der Waals surface area contributed by atoms with Crippen molar-refractivity contribution in [2.75, 3.05) is 13.2 Å². The van der Waals surface area contributed by atoms with Gasteiger partial charge in [0.25, 0.3) is 0 Å². The van der Waals surface area contributed by atoms with Crippen molar-refractivity contribution in [1.29, 1.82) is 0 Å². The standard InChI is InChI=1S/C9H16O4/c1-4-7(8(10)12-5-2)9(11)13-6-3/h7H,4-6H2,1-3H3/i1D3. The van der Waals surface area contributed by atoms with Crippen molar-refractivity contribution in [3.63, 3.8) is 0 Å². The van der Waals surface area contributed by atoms with E-state index in [0.29, 0.717) is 0 Å². The first-order valence-electron chi connectivity index (χ1n) is 5.65. The number of ether oxygens (including phenoxy) is 2. The molecule has 0 spiro atoms. The SMILES string of the molecule is [2H]C([2H])([2H])CC(C(=O)OCC)C(=O)OCC. The predicted molar refractivity (Wildman–Crippen MR) is 47.0 cm³/mol. The minimum absolute atomic E-state index is 0.0930. The number of esters is 2. The lowest BCUT2D eigenvalue weighted by molar-refractivity contribution is -0.161. The molecule has 0 saturated carbocycles. The minimum atomic E-state index is -2.37.